The van der Waals surface area contributed by atoms with Gasteiger partial charge < -0.3 is 5.11 Å². The van der Waals surface area contributed by atoms with E-state index in [1.807, 2.05) is 23.5 Å². The average Bonchev–Trinajstić information content (AvgIpc) is 2.71. The predicted molar refractivity (Wildman–Crippen MR) is 77.0 cm³/mol. The van der Waals surface area contributed by atoms with E-state index < -0.39 is 0 Å². The Balaban J connectivity index is 1.85. The lowest BCUT2D eigenvalue weighted by Crippen LogP contribution is -2.20. The van der Waals surface area contributed by atoms with Crippen LogP contribution in [0.15, 0.2) is 6.07 Å². The van der Waals surface area contributed by atoms with Gasteiger partial charge in [0.1, 0.15) is 0 Å². The average molecular weight is 268 g/mol. The van der Waals surface area contributed by atoms with Crippen molar-refractivity contribution in [3.05, 3.63) is 17.5 Å². The Bertz CT molecular complexity index is 372. The molecule has 4 heteroatoms. The Kier molecular flexibility index (Phi) is 5.13. The predicted octanol–water partition coefficient (Wildman–Crippen LogP) is 2.42. The van der Waals surface area contributed by atoms with Crippen LogP contribution >= 0.6 is 11.8 Å². The third-order valence-corrected chi connectivity index (χ3v) is 4.83. The third-order valence-electron chi connectivity index (χ3n) is 3.78. The quantitative estimate of drug-likeness (QED) is 0.891. The van der Waals surface area contributed by atoms with Crippen molar-refractivity contribution in [1.82, 2.24) is 9.78 Å². The summed E-state index contributed by atoms with van der Waals surface area (Å²) in [7, 11) is 1.97. The molecule has 0 bridgehead atoms. The van der Waals surface area contributed by atoms with E-state index in [9.17, 15) is 5.11 Å². The largest absolute Gasteiger partial charge is 0.393 e. The van der Waals surface area contributed by atoms with Crippen LogP contribution in [0.5, 0.6) is 0 Å². The molecule has 18 heavy (non-hydrogen) atoms. The first kappa shape index (κ1) is 13.9. The molecular weight excluding hydrogens is 244 g/mol. The SMILES string of the molecule is CCc1cc(CC(O)CC2CCSCC2)n(C)n1. The molecule has 0 radical (unpaired) electrons. The molecule has 1 saturated heterocycles. The number of nitrogens with zero attached hydrogens (tertiary/aromatic N) is 2. The molecule has 0 aliphatic carbocycles. The van der Waals surface area contributed by atoms with Gasteiger partial charge in [0.15, 0.2) is 0 Å². The van der Waals surface area contributed by atoms with E-state index in [0.29, 0.717) is 0 Å². The van der Waals surface area contributed by atoms with Crippen LogP contribution in [0.2, 0.25) is 0 Å². The second-order valence-corrected chi connectivity index (χ2v) is 6.48. The number of rotatable bonds is 5. The van der Waals surface area contributed by atoms with E-state index in [0.717, 1.165) is 36.6 Å². The number of aliphatic hydroxyl groups is 1. The van der Waals surface area contributed by atoms with Crippen LogP contribution in [0.1, 0.15) is 37.6 Å². The molecule has 1 fully saturated rings. The Morgan fingerprint density at radius 3 is 2.83 bits per heavy atom. The minimum Gasteiger partial charge on any atom is -0.393 e. The highest BCUT2D eigenvalue weighted by atomic mass is 32.2. The summed E-state index contributed by atoms with van der Waals surface area (Å²) in [5.41, 5.74) is 2.28. The minimum absolute atomic E-state index is 0.210. The van der Waals surface area contributed by atoms with Crippen molar-refractivity contribution in [1.29, 1.82) is 0 Å². The fourth-order valence-corrected chi connectivity index (χ4v) is 3.83. The smallest absolute Gasteiger partial charge is 0.0624 e. The molecule has 3 nitrogen and oxygen atoms in total. The lowest BCUT2D eigenvalue weighted by molar-refractivity contribution is 0.137. The highest BCUT2D eigenvalue weighted by molar-refractivity contribution is 7.99. The number of aryl methyl sites for hydroxylation is 2. The third kappa shape index (κ3) is 3.75. The molecule has 1 unspecified atom stereocenters. The van der Waals surface area contributed by atoms with Crippen molar-refractivity contribution in [3.8, 4) is 0 Å². The van der Waals surface area contributed by atoms with Crippen molar-refractivity contribution in [2.45, 2.75) is 45.1 Å². The maximum atomic E-state index is 10.2. The molecule has 0 saturated carbocycles. The maximum absolute atomic E-state index is 10.2. The number of aliphatic hydroxyl groups excluding tert-OH is 1. The molecule has 102 valence electrons. The van der Waals surface area contributed by atoms with Gasteiger partial charge in [-0.05, 0) is 49.2 Å². The van der Waals surface area contributed by atoms with Crippen molar-refractivity contribution in [2.24, 2.45) is 13.0 Å². The Morgan fingerprint density at radius 1 is 1.50 bits per heavy atom. The van der Waals surface area contributed by atoms with E-state index in [1.165, 1.54) is 24.3 Å². The minimum atomic E-state index is -0.210. The first-order chi connectivity index (χ1) is 8.69. The fourth-order valence-electron chi connectivity index (χ4n) is 2.63. The summed E-state index contributed by atoms with van der Waals surface area (Å²) in [6.45, 7) is 2.11. The molecule has 1 aliphatic rings. The highest BCUT2D eigenvalue weighted by Gasteiger charge is 2.19. The summed E-state index contributed by atoms with van der Waals surface area (Å²) >= 11 is 2.04. The van der Waals surface area contributed by atoms with Gasteiger partial charge in [-0.15, -0.1) is 0 Å². The van der Waals surface area contributed by atoms with Crippen LogP contribution in [0.4, 0.5) is 0 Å². The lowest BCUT2D eigenvalue weighted by Gasteiger charge is -2.23. The molecule has 0 amide bonds. The molecule has 1 aromatic rings. The maximum Gasteiger partial charge on any atom is 0.0624 e. The van der Waals surface area contributed by atoms with E-state index in [-0.39, 0.29) is 6.10 Å². The van der Waals surface area contributed by atoms with E-state index in [4.69, 9.17) is 0 Å². The highest BCUT2D eigenvalue weighted by Crippen LogP contribution is 2.27. The van der Waals surface area contributed by atoms with Gasteiger partial charge in [0.2, 0.25) is 0 Å². The summed E-state index contributed by atoms with van der Waals surface area (Å²) in [4.78, 5) is 0. The number of aromatic nitrogens is 2. The van der Waals surface area contributed by atoms with Crippen LogP contribution < -0.4 is 0 Å². The normalized spacial score (nSPS) is 19.1. The zero-order chi connectivity index (χ0) is 13.0. The first-order valence-corrected chi connectivity index (χ1v) is 8.12. The number of thioether (sulfide) groups is 1. The van der Waals surface area contributed by atoms with Gasteiger partial charge >= 0.3 is 0 Å². The van der Waals surface area contributed by atoms with Gasteiger partial charge in [-0.2, -0.15) is 16.9 Å². The molecule has 1 aromatic heterocycles. The zero-order valence-electron chi connectivity index (χ0n) is 11.4. The van der Waals surface area contributed by atoms with Gasteiger partial charge in [0.05, 0.1) is 11.8 Å². The summed E-state index contributed by atoms with van der Waals surface area (Å²) in [5.74, 6) is 3.26. The molecule has 2 rings (SSSR count). The van der Waals surface area contributed by atoms with Crippen LogP contribution in [-0.2, 0) is 19.9 Å². The van der Waals surface area contributed by atoms with Crippen LogP contribution in [0, 0.1) is 5.92 Å². The Morgan fingerprint density at radius 2 is 2.22 bits per heavy atom. The number of hydrogen-bond acceptors (Lipinski definition) is 3. The molecule has 1 N–H and O–H groups in total. The summed E-state index contributed by atoms with van der Waals surface area (Å²) in [5, 5.41) is 14.6. The van der Waals surface area contributed by atoms with Gasteiger partial charge in [-0.1, -0.05) is 6.92 Å². The fraction of sp³-hybridized carbons (Fsp3) is 0.786. The Hall–Kier alpha value is -0.480. The van der Waals surface area contributed by atoms with Gasteiger partial charge in [0, 0.05) is 19.2 Å². The molecule has 1 aliphatic heterocycles. The van der Waals surface area contributed by atoms with Crippen molar-refractivity contribution in [3.63, 3.8) is 0 Å². The van der Waals surface area contributed by atoms with Crippen molar-refractivity contribution >= 4 is 11.8 Å². The topological polar surface area (TPSA) is 38.0 Å². The monoisotopic (exact) mass is 268 g/mol. The lowest BCUT2D eigenvalue weighted by atomic mass is 9.94. The second kappa shape index (κ2) is 6.62. The molecule has 0 spiro atoms. The van der Waals surface area contributed by atoms with Crippen molar-refractivity contribution in [2.75, 3.05) is 11.5 Å². The summed E-state index contributed by atoms with van der Waals surface area (Å²) in [6, 6.07) is 2.12. The standard InChI is InChI=1S/C14H24N2OS/c1-3-12-9-13(16(2)15-12)10-14(17)8-11-4-6-18-7-5-11/h9,11,14,17H,3-8,10H2,1-2H3. The molecule has 2 heterocycles. The molecular formula is C14H24N2OS. The van der Waals surface area contributed by atoms with Crippen LogP contribution in [0.25, 0.3) is 0 Å². The number of hydrogen-bond donors (Lipinski definition) is 1. The van der Waals surface area contributed by atoms with E-state index in [1.54, 1.807) is 0 Å². The first-order valence-electron chi connectivity index (χ1n) is 6.96. The summed E-state index contributed by atoms with van der Waals surface area (Å²) in [6.07, 6.45) is 4.99. The van der Waals surface area contributed by atoms with Crippen LogP contribution in [0.3, 0.4) is 0 Å². The summed E-state index contributed by atoms with van der Waals surface area (Å²) < 4.78 is 1.92. The van der Waals surface area contributed by atoms with Gasteiger partial charge in [0.25, 0.3) is 0 Å². The van der Waals surface area contributed by atoms with E-state index in [2.05, 4.69) is 18.1 Å². The van der Waals surface area contributed by atoms with Crippen molar-refractivity contribution < 1.29 is 5.11 Å². The molecule has 1 atom stereocenters. The van der Waals surface area contributed by atoms with Gasteiger partial charge in [-0.25, -0.2) is 0 Å². The zero-order valence-corrected chi connectivity index (χ0v) is 12.2. The van der Waals surface area contributed by atoms with Crippen LogP contribution in [-0.4, -0.2) is 32.5 Å². The van der Waals surface area contributed by atoms with Gasteiger partial charge in [-0.3, -0.25) is 4.68 Å². The molecule has 0 aromatic carbocycles. The Labute approximate surface area is 114 Å². The second-order valence-electron chi connectivity index (χ2n) is 5.25. The van der Waals surface area contributed by atoms with E-state index >= 15 is 0 Å².